The van der Waals surface area contributed by atoms with Crippen molar-refractivity contribution in [3.63, 3.8) is 0 Å². The van der Waals surface area contributed by atoms with Gasteiger partial charge in [-0.2, -0.15) is 0 Å². The summed E-state index contributed by atoms with van der Waals surface area (Å²) in [7, 11) is 0. The average molecular weight is 325 g/mol. The second-order valence-corrected chi connectivity index (χ2v) is 6.06. The van der Waals surface area contributed by atoms with Crippen LogP contribution in [0.4, 0.5) is 0 Å². The van der Waals surface area contributed by atoms with Crippen molar-refractivity contribution in [3.05, 3.63) is 0 Å². The van der Waals surface area contributed by atoms with E-state index in [1.807, 2.05) is 55.4 Å². The van der Waals surface area contributed by atoms with Crippen molar-refractivity contribution in [2.24, 2.45) is 0 Å². The molecule has 0 N–H and O–H groups in total. The Morgan fingerprint density at radius 1 is 0.650 bits per heavy atom. The van der Waals surface area contributed by atoms with E-state index in [1.165, 1.54) is 20.8 Å². The van der Waals surface area contributed by atoms with Gasteiger partial charge in [0.25, 0.3) is 0 Å². The topological polar surface area (TPSA) is 46.2 Å². The van der Waals surface area contributed by atoms with Crippen molar-refractivity contribution in [1.29, 1.82) is 0 Å². The van der Waals surface area contributed by atoms with Crippen LogP contribution in [0.3, 0.4) is 0 Å². The standard InChI is InChI=1S/C14H29O5.Ti/c1-9(2)16-13(17-10(3)4)14(15,18-11(5)6)19-12(7)8;/h9-13H,1-8H3;/q-1;+1. The van der Waals surface area contributed by atoms with Crippen LogP contribution < -0.4 is 0 Å². The van der Waals surface area contributed by atoms with Gasteiger partial charge in [-0.3, -0.25) is 0 Å². The van der Waals surface area contributed by atoms with Crippen molar-refractivity contribution in [1.82, 2.24) is 0 Å². The van der Waals surface area contributed by atoms with Crippen molar-refractivity contribution < 1.29 is 43.1 Å². The molecule has 0 spiro atoms. The summed E-state index contributed by atoms with van der Waals surface area (Å²) in [5, 5.41) is 0. The zero-order valence-corrected chi connectivity index (χ0v) is 15.5. The van der Waals surface area contributed by atoms with E-state index in [9.17, 15) is 0 Å². The van der Waals surface area contributed by atoms with Gasteiger partial charge in [-0.1, -0.05) is 0 Å². The van der Waals surface area contributed by atoms with Gasteiger partial charge in [0.05, 0.1) is 0 Å². The van der Waals surface area contributed by atoms with E-state index in [0.29, 0.717) is 0 Å². The molecule has 0 aliphatic heterocycles. The number of ether oxygens (including phenoxy) is 4. The van der Waals surface area contributed by atoms with Crippen LogP contribution in [-0.2, 0) is 43.1 Å². The van der Waals surface area contributed by atoms with Gasteiger partial charge in [-0.15, -0.1) is 0 Å². The van der Waals surface area contributed by atoms with Crippen LogP contribution in [0.25, 0.3) is 0 Å². The van der Waals surface area contributed by atoms with Gasteiger partial charge in [0.2, 0.25) is 0 Å². The van der Waals surface area contributed by atoms with Crippen LogP contribution >= 0.6 is 0 Å². The molecule has 0 rings (SSSR count). The average Bonchev–Trinajstić information content (AvgIpc) is 2.24. The number of hydrogen-bond donors (Lipinski definition) is 0. The van der Waals surface area contributed by atoms with Crippen molar-refractivity contribution in [2.75, 3.05) is 0 Å². The predicted octanol–water partition coefficient (Wildman–Crippen LogP) is 3.14. The minimum absolute atomic E-state index is 0.0419. The van der Waals surface area contributed by atoms with E-state index in [2.05, 4.69) is 0 Å². The van der Waals surface area contributed by atoms with Crippen LogP contribution in [0.15, 0.2) is 0 Å². The molecule has 0 atom stereocenters. The Labute approximate surface area is 135 Å². The molecule has 0 heterocycles. The summed E-state index contributed by atoms with van der Waals surface area (Å²) in [6.07, 6.45) is -1.04. The second kappa shape index (κ2) is 9.51. The summed E-state index contributed by atoms with van der Waals surface area (Å²) in [5.41, 5.74) is 0. The third-order valence-electron chi connectivity index (χ3n) is 2.02. The van der Waals surface area contributed by atoms with Crippen LogP contribution in [0.1, 0.15) is 55.4 Å². The molecule has 0 bridgehead atoms. The van der Waals surface area contributed by atoms with Gasteiger partial charge in [0.15, 0.2) is 0 Å². The predicted molar refractivity (Wildman–Crippen MR) is 72.5 cm³/mol. The van der Waals surface area contributed by atoms with E-state index in [0.717, 1.165) is 0 Å². The Morgan fingerprint density at radius 3 is 1.20 bits per heavy atom. The summed E-state index contributed by atoms with van der Waals surface area (Å²) in [5.74, 6) is -1.38. The molecule has 0 unspecified atom stereocenters. The third kappa shape index (κ3) is 7.50. The maximum atomic E-state index is 5.87. The second-order valence-electron chi connectivity index (χ2n) is 5.74. The molecule has 20 heavy (non-hydrogen) atoms. The summed E-state index contributed by atoms with van der Waals surface area (Å²) in [6.45, 7) is 15.4. The zero-order chi connectivity index (χ0) is 15.9. The molecule has 0 fully saturated rings. The van der Waals surface area contributed by atoms with E-state index in [1.54, 1.807) is 0 Å². The Balaban J connectivity index is 5.33. The molecule has 0 saturated carbocycles. The van der Waals surface area contributed by atoms with Crippen molar-refractivity contribution in [3.8, 4) is 0 Å². The van der Waals surface area contributed by atoms with Gasteiger partial charge in [-0.25, -0.2) is 0 Å². The number of hydrogen-bond acceptors (Lipinski definition) is 5. The molecule has 0 aromatic rings. The van der Waals surface area contributed by atoms with E-state index in [-0.39, 0.29) is 24.4 Å². The molecule has 5 nitrogen and oxygen atoms in total. The fourth-order valence-corrected chi connectivity index (χ4v) is 1.89. The van der Waals surface area contributed by atoms with E-state index in [4.69, 9.17) is 22.3 Å². The summed E-state index contributed by atoms with van der Waals surface area (Å²) in [6, 6.07) is 0. The SMILES string of the molecule is CC(C)OC(OC(C)C)C([O][Ti])(OC(C)C)OC(C)C. The van der Waals surface area contributed by atoms with Gasteiger partial charge in [-0.05, 0) is 0 Å². The molecular formula is C14H29O5Ti. The molecule has 0 aromatic carbocycles. The molecule has 0 aliphatic rings. The van der Waals surface area contributed by atoms with Gasteiger partial charge < -0.3 is 0 Å². The molecule has 6 heteroatoms. The minimum atomic E-state index is -1.38. The molecule has 119 valence electrons. The summed E-state index contributed by atoms with van der Waals surface area (Å²) >= 11 is 1.53. The third-order valence-corrected chi connectivity index (χ3v) is 2.47. The van der Waals surface area contributed by atoms with Gasteiger partial charge in [0, 0.05) is 0 Å². The maximum absolute atomic E-state index is 5.87. The molecule has 0 aliphatic carbocycles. The summed E-state index contributed by atoms with van der Waals surface area (Å²) in [4.78, 5) is 0. The quantitative estimate of drug-likeness (QED) is 0.456. The molecule has 0 aromatic heterocycles. The monoisotopic (exact) mass is 325 g/mol. The Bertz CT molecular complexity index is 236. The first kappa shape index (κ1) is 20.5. The van der Waals surface area contributed by atoms with Crippen molar-refractivity contribution >= 4 is 0 Å². The Morgan fingerprint density at radius 2 is 1.00 bits per heavy atom. The summed E-state index contributed by atoms with van der Waals surface area (Å²) < 4.78 is 28.9. The van der Waals surface area contributed by atoms with Gasteiger partial charge >= 0.3 is 135 Å². The zero-order valence-electron chi connectivity index (χ0n) is 13.9. The van der Waals surface area contributed by atoms with Gasteiger partial charge in [0.1, 0.15) is 0 Å². The normalized spacial score (nSPS) is 13.4. The first-order chi connectivity index (χ1) is 9.12. The Kier molecular flexibility index (Phi) is 9.76. The number of rotatable bonds is 10. The fourth-order valence-electron chi connectivity index (χ4n) is 1.59. The van der Waals surface area contributed by atoms with Crippen LogP contribution in [0.5, 0.6) is 0 Å². The molecule has 0 amide bonds. The molecule has 0 saturated heterocycles. The van der Waals surface area contributed by atoms with Crippen LogP contribution in [-0.4, -0.2) is 36.7 Å². The Hall–Kier alpha value is 0.514. The van der Waals surface area contributed by atoms with E-state index >= 15 is 0 Å². The molecule has 0 radical (unpaired) electrons. The van der Waals surface area contributed by atoms with E-state index < -0.39 is 12.3 Å². The van der Waals surface area contributed by atoms with Crippen LogP contribution in [0.2, 0.25) is 0 Å². The van der Waals surface area contributed by atoms with Crippen LogP contribution in [0, 0.1) is 0 Å². The van der Waals surface area contributed by atoms with Crippen molar-refractivity contribution in [2.45, 2.75) is 92.1 Å². The fraction of sp³-hybridized carbons (Fsp3) is 1.00. The molecular weight excluding hydrogens is 296 g/mol. The first-order valence-corrected chi connectivity index (χ1v) is 7.78. The first-order valence-electron chi connectivity index (χ1n) is 7.14.